The second kappa shape index (κ2) is 7.21. The van der Waals surface area contributed by atoms with Crippen LogP contribution < -0.4 is 5.32 Å². The van der Waals surface area contributed by atoms with Gasteiger partial charge >= 0.3 is 6.18 Å². The average molecular weight is 396 g/mol. The number of alkyl halides is 3. The minimum Gasteiger partial charge on any atom is -0.314 e. The molecule has 1 saturated heterocycles. The van der Waals surface area contributed by atoms with E-state index in [1.165, 1.54) is 0 Å². The Bertz CT molecular complexity index is 468. The highest BCUT2D eigenvalue weighted by atomic mass is 79.9. The zero-order chi connectivity index (χ0) is 14.9. The Labute approximate surface area is 133 Å². The monoisotopic (exact) mass is 394 g/mol. The quantitative estimate of drug-likeness (QED) is 0.769. The molecule has 0 unspecified atom stereocenters. The van der Waals surface area contributed by atoms with Crippen molar-refractivity contribution in [1.29, 1.82) is 0 Å². The van der Waals surface area contributed by atoms with Gasteiger partial charge in [-0.2, -0.15) is 13.2 Å². The van der Waals surface area contributed by atoms with Gasteiger partial charge in [0.05, 0.1) is 0 Å². The summed E-state index contributed by atoms with van der Waals surface area (Å²) < 4.78 is 67.5. The van der Waals surface area contributed by atoms with Crippen LogP contribution >= 0.6 is 28.3 Å². The summed E-state index contributed by atoms with van der Waals surface area (Å²) in [5, 5.41) is 2.91. The number of hydrogen-bond acceptors (Lipinski definition) is 2. The molecular weight excluding hydrogens is 382 g/mol. The van der Waals surface area contributed by atoms with E-state index in [0.29, 0.717) is 13.1 Å². The SMILES string of the molecule is Cl.Fc1cc(Br)cc(F)c1[C@H](N1CCNCC1)C(F)(F)F. The zero-order valence-electron chi connectivity index (χ0n) is 10.7. The van der Waals surface area contributed by atoms with E-state index < -0.39 is 29.4 Å². The van der Waals surface area contributed by atoms with Gasteiger partial charge in [-0.25, -0.2) is 8.78 Å². The Morgan fingerprint density at radius 2 is 1.57 bits per heavy atom. The number of hydrogen-bond donors (Lipinski definition) is 1. The fourth-order valence-corrected chi connectivity index (χ4v) is 2.71. The molecule has 1 N–H and O–H groups in total. The average Bonchev–Trinajstić information content (AvgIpc) is 2.33. The van der Waals surface area contributed by atoms with Gasteiger partial charge in [-0.1, -0.05) is 15.9 Å². The first-order valence-electron chi connectivity index (χ1n) is 5.96. The predicted molar refractivity (Wildman–Crippen MR) is 74.5 cm³/mol. The van der Waals surface area contributed by atoms with Crippen LogP contribution in [-0.2, 0) is 0 Å². The highest BCUT2D eigenvalue weighted by molar-refractivity contribution is 9.10. The zero-order valence-corrected chi connectivity index (χ0v) is 13.1. The molecule has 120 valence electrons. The van der Waals surface area contributed by atoms with Crippen molar-refractivity contribution < 1.29 is 22.0 Å². The molecule has 1 aliphatic rings. The molecule has 1 aromatic rings. The van der Waals surface area contributed by atoms with E-state index in [-0.39, 0.29) is 30.0 Å². The number of piperazine rings is 1. The number of nitrogens with one attached hydrogen (secondary N) is 1. The van der Waals surface area contributed by atoms with Crippen LogP contribution in [0.3, 0.4) is 0 Å². The molecule has 0 saturated carbocycles. The highest BCUT2D eigenvalue weighted by Gasteiger charge is 2.47. The molecule has 2 rings (SSSR count). The maximum atomic E-state index is 13.8. The molecule has 1 aromatic carbocycles. The van der Waals surface area contributed by atoms with E-state index in [4.69, 9.17) is 0 Å². The van der Waals surface area contributed by atoms with E-state index in [1.807, 2.05) is 0 Å². The molecule has 0 bridgehead atoms. The molecule has 0 radical (unpaired) electrons. The molecule has 0 aliphatic carbocycles. The first-order valence-corrected chi connectivity index (χ1v) is 6.76. The summed E-state index contributed by atoms with van der Waals surface area (Å²) in [6, 6.07) is -0.573. The number of nitrogens with zero attached hydrogens (tertiary/aromatic N) is 1. The van der Waals surface area contributed by atoms with Crippen molar-refractivity contribution in [3.63, 3.8) is 0 Å². The Kier molecular flexibility index (Phi) is 6.39. The number of benzene rings is 1. The molecule has 1 atom stereocenters. The van der Waals surface area contributed by atoms with Crippen LogP contribution in [0, 0.1) is 11.6 Å². The van der Waals surface area contributed by atoms with Crippen LogP contribution in [0.4, 0.5) is 22.0 Å². The molecule has 0 aromatic heterocycles. The Hall–Kier alpha value is -0.440. The fourth-order valence-electron chi connectivity index (χ4n) is 2.31. The van der Waals surface area contributed by atoms with Gasteiger partial charge < -0.3 is 5.32 Å². The van der Waals surface area contributed by atoms with Gasteiger partial charge in [-0.05, 0) is 12.1 Å². The van der Waals surface area contributed by atoms with Crippen LogP contribution in [0.2, 0.25) is 0 Å². The van der Waals surface area contributed by atoms with Crippen molar-refractivity contribution in [2.45, 2.75) is 12.2 Å². The van der Waals surface area contributed by atoms with E-state index in [2.05, 4.69) is 21.2 Å². The normalized spacial score (nSPS) is 18.2. The standard InChI is InChI=1S/C12H12BrF5N2.ClH/c13-7-5-8(14)10(9(15)6-7)11(12(16,17)18)20-3-1-19-2-4-20;/h5-6,11,19H,1-4H2;1H/t11-;/m0./s1. The largest absolute Gasteiger partial charge is 0.408 e. The van der Waals surface area contributed by atoms with E-state index >= 15 is 0 Å². The highest BCUT2D eigenvalue weighted by Crippen LogP contribution is 2.40. The third-order valence-corrected chi connectivity index (χ3v) is 3.60. The number of halogens is 7. The van der Waals surface area contributed by atoms with Gasteiger partial charge in [-0.3, -0.25) is 4.90 Å². The Balaban J connectivity index is 0.00000220. The topological polar surface area (TPSA) is 15.3 Å². The first-order chi connectivity index (χ1) is 9.30. The summed E-state index contributed by atoms with van der Waals surface area (Å²) >= 11 is 2.86. The Morgan fingerprint density at radius 3 is 2.00 bits per heavy atom. The fraction of sp³-hybridized carbons (Fsp3) is 0.500. The summed E-state index contributed by atoms with van der Waals surface area (Å²) in [7, 11) is 0. The van der Waals surface area contributed by atoms with Crippen LogP contribution in [0.25, 0.3) is 0 Å². The van der Waals surface area contributed by atoms with Crippen molar-refractivity contribution in [3.05, 3.63) is 33.8 Å². The summed E-state index contributed by atoms with van der Waals surface area (Å²) in [6.07, 6.45) is -4.74. The first kappa shape index (κ1) is 18.6. The van der Waals surface area contributed by atoms with Gasteiger partial charge in [0.1, 0.15) is 17.7 Å². The molecule has 1 heterocycles. The van der Waals surface area contributed by atoms with Crippen molar-refractivity contribution in [1.82, 2.24) is 10.2 Å². The lowest BCUT2D eigenvalue weighted by Crippen LogP contribution is -2.49. The van der Waals surface area contributed by atoms with E-state index in [9.17, 15) is 22.0 Å². The second-order valence-corrected chi connectivity index (χ2v) is 5.43. The third-order valence-electron chi connectivity index (χ3n) is 3.14. The second-order valence-electron chi connectivity index (χ2n) is 4.51. The maximum Gasteiger partial charge on any atom is 0.408 e. The number of rotatable bonds is 2. The van der Waals surface area contributed by atoms with Crippen molar-refractivity contribution in [3.8, 4) is 0 Å². The summed E-state index contributed by atoms with van der Waals surface area (Å²) in [4.78, 5) is 1.05. The van der Waals surface area contributed by atoms with Gasteiger partial charge in [0.15, 0.2) is 0 Å². The summed E-state index contributed by atoms with van der Waals surface area (Å²) in [5.74, 6) is -2.39. The summed E-state index contributed by atoms with van der Waals surface area (Å²) in [5.41, 5.74) is -0.942. The molecule has 1 aliphatic heterocycles. The molecular formula is C12H13BrClF5N2. The van der Waals surface area contributed by atoms with Crippen molar-refractivity contribution >= 4 is 28.3 Å². The molecule has 9 heteroatoms. The van der Waals surface area contributed by atoms with Crippen molar-refractivity contribution in [2.24, 2.45) is 0 Å². The Morgan fingerprint density at radius 1 is 1.10 bits per heavy atom. The lowest BCUT2D eigenvalue weighted by Gasteiger charge is -2.36. The molecule has 0 amide bonds. The molecule has 1 fully saturated rings. The maximum absolute atomic E-state index is 13.8. The minimum atomic E-state index is -4.74. The van der Waals surface area contributed by atoms with Crippen molar-refractivity contribution in [2.75, 3.05) is 26.2 Å². The van der Waals surface area contributed by atoms with Gasteiger partial charge in [-0.15, -0.1) is 12.4 Å². The third kappa shape index (κ3) is 4.28. The summed E-state index contributed by atoms with van der Waals surface area (Å²) in [6.45, 7) is 0.872. The van der Waals surface area contributed by atoms with Crippen LogP contribution in [-0.4, -0.2) is 37.3 Å². The molecule has 2 nitrogen and oxygen atoms in total. The smallest absolute Gasteiger partial charge is 0.314 e. The van der Waals surface area contributed by atoms with Gasteiger partial charge in [0.25, 0.3) is 0 Å². The van der Waals surface area contributed by atoms with Crippen LogP contribution in [0.5, 0.6) is 0 Å². The van der Waals surface area contributed by atoms with E-state index in [1.54, 1.807) is 0 Å². The lowest BCUT2D eigenvalue weighted by molar-refractivity contribution is -0.189. The van der Waals surface area contributed by atoms with Gasteiger partial charge in [0.2, 0.25) is 0 Å². The van der Waals surface area contributed by atoms with Gasteiger partial charge in [0, 0.05) is 36.2 Å². The van der Waals surface area contributed by atoms with Crippen LogP contribution in [0.1, 0.15) is 11.6 Å². The van der Waals surface area contributed by atoms with E-state index in [0.717, 1.165) is 17.0 Å². The van der Waals surface area contributed by atoms with Crippen LogP contribution in [0.15, 0.2) is 16.6 Å². The predicted octanol–water partition coefficient (Wildman–Crippen LogP) is 3.66. The molecule has 21 heavy (non-hydrogen) atoms. The minimum absolute atomic E-state index is 0. The lowest BCUT2D eigenvalue weighted by atomic mass is 10.0. The molecule has 0 spiro atoms.